The number of hydrogen-bond donors (Lipinski definition) is 0. The first-order valence-electron chi connectivity index (χ1n) is 9.44. The standard InChI is InChI=1S/C20H28N2O3/c1-24-17-11-16(12-18(13-17)25-2)20(23)22-7-5-21(6-8-22)19-10-14-3-4-15(19)9-14/h11-15,19H,3-10H2,1-2H3/t14-,15-,19-/m0/s1. The molecule has 0 radical (unpaired) electrons. The van der Waals surface area contributed by atoms with Crippen molar-refractivity contribution in [1.29, 1.82) is 0 Å². The predicted molar refractivity (Wildman–Crippen MR) is 96.3 cm³/mol. The van der Waals surface area contributed by atoms with Crippen LogP contribution in [0, 0.1) is 11.8 Å². The number of hydrogen-bond acceptors (Lipinski definition) is 4. The van der Waals surface area contributed by atoms with Gasteiger partial charge in [-0.25, -0.2) is 0 Å². The Hall–Kier alpha value is -1.75. The van der Waals surface area contributed by atoms with Crippen LogP contribution >= 0.6 is 0 Å². The molecule has 2 aliphatic carbocycles. The Morgan fingerprint density at radius 3 is 2.16 bits per heavy atom. The van der Waals surface area contributed by atoms with E-state index in [1.54, 1.807) is 32.4 Å². The van der Waals surface area contributed by atoms with Crippen LogP contribution in [0.3, 0.4) is 0 Å². The molecule has 0 spiro atoms. The van der Waals surface area contributed by atoms with Crippen LogP contribution in [-0.4, -0.2) is 62.1 Å². The van der Waals surface area contributed by atoms with Gasteiger partial charge >= 0.3 is 0 Å². The fraction of sp³-hybridized carbons (Fsp3) is 0.650. The van der Waals surface area contributed by atoms with Crippen molar-refractivity contribution in [3.05, 3.63) is 23.8 Å². The monoisotopic (exact) mass is 344 g/mol. The number of piperazine rings is 1. The third-order valence-corrected chi connectivity index (χ3v) is 6.37. The summed E-state index contributed by atoms with van der Waals surface area (Å²) in [6.07, 6.45) is 5.68. The first-order valence-corrected chi connectivity index (χ1v) is 9.44. The average molecular weight is 344 g/mol. The van der Waals surface area contributed by atoms with E-state index in [1.807, 2.05) is 4.90 Å². The Labute approximate surface area is 149 Å². The minimum atomic E-state index is 0.0739. The van der Waals surface area contributed by atoms with E-state index in [1.165, 1.54) is 25.7 Å². The zero-order valence-electron chi connectivity index (χ0n) is 15.2. The number of fused-ring (bicyclic) bond motifs is 2. The molecule has 2 saturated carbocycles. The molecular weight excluding hydrogens is 316 g/mol. The molecule has 1 saturated heterocycles. The van der Waals surface area contributed by atoms with Gasteiger partial charge < -0.3 is 14.4 Å². The Kier molecular flexibility index (Phi) is 4.59. The highest BCUT2D eigenvalue weighted by molar-refractivity contribution is 5.95. The maximum atomic E-state index is 12.9. The van der Waals surface area contributed by atoms with Crippen LogP contribution in [0.4, 0.5) is 0 Å². The van der Waals surface area contributed by atoms with Crippen LogP contribution in [0.2, 0.25) is 0 Å². The van der Waals surface area contributed by atoms with Gasteiger partial charge in [-0.1, -0.05) is 6.42 Å². The average Bonchev–Trinajstić information content (AvgIpc) is 3.30. The lowest BCUT2D eigenvalue weighted by molar-refractivity contribution is 0.0495. The Morgan fingerprint density at radius 1 is 0.960 bits per heavy atom. The second kappa shape index (κ2) is 6.87. The first-order chi connectivity index (χ1) is 12.2. The highest BCUT2D eigenvalue weighted by atomic mass is 16.5. The normalized spacial score (nSPS) is 29.0. The van der Waals surface area contributed by atoms with Crippen molar-refractivity contribution in [2.75, 3.05) is 40.4 Å². The van der Waals surface area contributed by atoms with Gasteiger partial charge in [-0.15, -0.1) is 0 Å². The summed E-state index contributed by atoms with van der Waals surface area (Å²) in [5, 5.41) is 0. The van der Waals surface area contributed by atoms with Gasteiger partial charge in [0.25, 0.3) is 5.91 Å². The van der Waals surface area contributed by atoms with Crippen LogP contribution in [0.5, 0.6) is 11.5 Å². The minimum absolute atomic E-state index is 0.0739. The van der Waals surface area contributed by atoms with Gasteiger partial charge in [0.15, 0.2) is 0 Å². The number of rotatable bonds is 4. The molecule has 1 aromatic rings. The lowest BCUT2D eigenvalue weighted by Crippen LogP contribution is -2.53. The quantitative estimate of drug-likeness (QED) is 0.842. The maximum absolute atomic E-state index is 12.9. The van der Waals surface area contributed by atoms with Gasteiger partial charge in [-0.3, -0.25) is 9.69 Å². The van der Waals surface area contributed by atoms with Crippen molar-refractivity contribution in [3.8, 4) is 11.5 Å². The summed E-state index contributed by atoms with van der Waals surface area (Å²) >= 11 is 0. The molecule has 3 aliphatic rings. The van der Waals surface area contributed by atoms with E-state index in [9.17, 15) is 4.79 Å². The molecule has 1 heterocycles. The molecule has 4 rings (SSSR count). The molecule has 3 atom stereocenters. The summed E-state index contributed by atoms with van der Waals surface area (Å²) in [4.78, 5) is 17.5. The third-order valence-electron chi connectivity index (χ3n) is 6.37. The van der Waals surface area contributed by atoms with E-state index in [2.05, 4.69) is 4.90 Å². The van der Waals surface area contributed by atoms with E-state index in [-0.39, 0.29) is 5.91 Å². The van der Waals surface area contributed by atoms with Gasteiger partial charge in [0, 0.05) is 43.9 Å². The van der Waals surface area contributed by atoms with Crippen LogP contribution in [0.1, 0.15) is 36.0 Å². The molecular formula is C20H28N2O3. The molecule has 136 valence electrons. The molecule has 0 N–H and O–H groups in total. The zero-order valence-corrected chi connectivity index (χ0v) is 15.2. The SMILES string of the molecule is COc1cc(OC)cc(C(=O)N2CCN([C@H]3C[C@H]4CC[C@H]3C4)CC2)c1. The number of carbonyl (C=O) groups excluding carboxylic acids is 1. The van der Waals surface area contributed by atoms with Gasteiger partial charge in [0.05, 0.1) is 14.2 Å². The van der Waals surface area contributed by atoms with Crippen LogP contribution < -0.4 is 9.47 Å². The van der Waals surface area contributed by atoms with Gasteiger partial charge in [0.1, 0.15) is 11.5 Å². The van der Waals surface area contributed by atoms with Crippen LogP contribution in [0.15, 0.2) is 18.2 Å². The fourth-order valence-corrected chi connectivity index (χ4v) is 5.03. The third kappa shape index (κ3) is 3.22. The highest BCUT2D eigenvalue weighted by Crippen LogP contribution is 2.46. The van der Waals surface area contributed by atoms with Crippen molar-refractivity contribution >= 4 is 5.91 Å². The Bertz CT molecular complexity index is 618. The van der Waals surface area contributed by atoms with E-state index in [0.717, 1.165) is 44.1 Å². The second-order valence-electron chi connectivity index (χ2n) is 7.67. The van der Waals surface area contributed by atoms with Gasteiger partial charge in [-0.05, 0) is 43.2 Å². The molecule has 5 nitrogen and oxygen atoms in total. The smallest absolute Gasteiger partial charge is 0.254 e. The van der Waals surface area contributed by atoms with Gasteiger partial charge in [-0.2, -0.15) is 0 Å². The van der Waals surface area contributed by atoms with Crippen LogP contribution in [0.25, 0.3) is 0 Å². The van der Waals surface area contributed by atoms with Crippen molar-refractivity contribution < 1.29 is 14.3 Å². The second-order valence-corrected chi connectivity index (χ2v) is 7.67. The number of ether oxygens (including phenoxy) is 2. The maximum Gasteiger partial charge on any atom is 0.254 e. The topological polar surface area (TPSA) is 42.0 Å². The van der Waals surface area contributed by atoms with Crippen molar-refractivity contribution in [2.24, 2.45) is 11.8 Å². The number of methoxy groups -OCH3 is 2. The fourth-order valence-electron chi connectivity index (χ4n) is 5.03. The van der Waals surface area contributed by atoms with Gasteiger partial charge in [0.2, 0.25) is 0 Å². The molecule has 0 aromatic heterocycles. The molecule has 5 heteroatoms. The lowest BCUT2D eigenvalue weighted by Gasteiger charge is -2.41. The van der Waals surface area contributed by atoms with E-state index in [4.69, 9.17) is 9.47 Å². The molecule has 3 fully saturated rings. The number of benzene rings is 1. The zero-order chi connectivity index (χ0) is 17.4. The minimum Gasteiger partial charge on any atom is -0.497 e. The van der Waals surface area contributed by atoms with Crippen molar-refractivity contribution in [2.45, 2.75) is 31.7 Å². The number of carbonyl (C=O) groups is 1. The predicted octanol–water partition coefficient (Wildman–Crippen LogP) is 2.65. The van der Waals surface area contributed by atoms with E-state index in [0.29, 0.717) is 17.1 Å². The molecule has 1 aliphatic heterocycles. The largest absolute Gasteiger partial charge is 0.497 e. The summed E-state index contributed by atoms with van der Waals surface area (Å²) in [5.41, 5.74) is 0.643. The van der Waals surface area contributed by atoms with E-state index >= 15 is 0 Å². The summed E-state index contributed by atoms with van der Waals surface area (Å²) < 4.78 is 10.6. The summed E-state index contributed by atoms with van der Waals surface area (Å²) in [5.74, 6) is 3.27. The van der Waals surface area contributed by atoms with Crippen molar-refractivity contribution in [1.82, 2.24) is 9.80 Å². The lowest BCUT2D eigenvalue weighted by atomic mass is 9.93. The Morgan fingerprint density at radius 2 is 1.64 bits per heavy atom. The number of nitrogens with zero attached hydrogens (tertiary/aromatic N) is 2. The molecule has 0 unspecified atom stereocenters. The van der Waals surface area contributed by atoms with Crippen molar-refractivity contribution in [3.63, 3.8) is 0 Å². The molecule has 25 heavy (non-hydrogen) atoms. The molecule has 1 aromatic carbocycles. The summed E-state index contributed by atoms with van der Waals surface area (Å²) in [7, 11) is 3.22. The molecule has 1 amide bonds. The first kappa shape index (κ1) is 16.7. The summed E-state index contributed by atoms with van der Waals surface area (Å²) in [6.45, 7) is 3.62. The summed E-state index contributed by atoms with van der Waals surface area (Å²) in [6, 6.07) is 6.16. The van der Waals surface area contributed by atoms with Crippen LogP contribution in [-0.2, 0) is 0 Å². The Balaban J connectivity index is 1.39. The van der Waals surface area contributed by atoms with E-state index < -0.39 is 0 Å². The molecule has 2 bridgehead atoms. The number of amides is 1. The highest BCUT2D eigenvalue weighted by Gasteiger charge is 2.42.